The highest BCUT2D eigenvalue weighted by atomic mass is 16.5. The molecule has 3 aromatic carbocycles. The van der Waals surface area contributed by atoms with Gasteiger partial charge in [-0.2, -0.15) is 4.98 Å². The SMILES string of the molecule is CCOc1cc(CN(c2nc3c(C(=O)OC)c(N(Cc4cc(OCC)c(-n5cccc5)c(OCC)c4)C4CCNCC4)ccc3o2)C2CCNCC2)cc(OCC)c1-n1cccc1. The van der Waals surface area contributed by atoms with Gasteiger partial charge in [-0.25, -0.2) is 4.79 Å². The fourth-order valence-electron chi connectivity index (χ4n) is 9.03. The van der Waals surface area contributed by atoms with Crippen molar-refractivity contribution in [3.63, 3.8) is 0 Å². The summed E-state index contributed by atoms with van der Waals surface area (Å²) in [5.74, 6) is 2.44. The third kappa shape index (κ3) is 9.47. The molecule has 2 aliphatic heterocycles. The van der Waals surface area contributed by atoms with Gasteiger partial charge in [-0.1, -0.05) is 0 Å². The lowest BCUT2D eigenvalue weighted by Gasteiger charge is -2.37. The predicted molar refractivity (Wildman–Crippen MR) is 246 cm³/mol. The first kappa shape index (κ1) is 43.5. The molecule has 334 valence electrons. The molecular weight excluding hydrogens is 799 g/mol. The Morgan fingerprint density at radius 1 is 0.667 bits per heavy atom. The van der Waals surface area contributed by atoms with Crippen molar-refractivity contribution in [2.24, 2.45) is 0 Å². The number of oxazole rings is 1. The maximum absolute atomic E-state index is 14.2. The minimum atomic E-state index is -0.473. The van der Waals surface area contributed by atoms with Crippen LogP contribution in [0.2, 0.25) is 0 Å². The second-order valence-corrected chi connectivity index (χ2v) is 15.8. The molecule has 14 nitrogen and oxygen atoms in total. The van der Waals surface area contributed by atoms with Crippen LogP contribution in [0.1, 0.15) is 74.9 Å². The molecule has 0 amide bonds. The number of carbonyl (C=O) groups excluding carboxylic acids is 1. The van der Waals surface area contributed by atoms with E-state index in [-0.39, 0.29) is 12.1 Å². The van der Waals surface area contributed by atoms with Gasteiger partial charge in [-0.3, -0.25) is 0 Å². The molecule has 3 aromatic heterocycles. The van der Waals surface area contributed by atoms with Crippen molar-refractivity contribution in [2.45, 2.75) is 78.6 Å². The van der Waals surface area contributed by atoms with Crippen molar-refractivity contribution in [1.29, 1.82) is 0 Å². The largest absolute Gasteiger partial charge is 0.492 e. The molecule has 14 heteroatoms. The Hall–Kier alpha value is -6.12. The fraction of sp³-hybridized carbons (Fsp3) is 0.429. The smallest absolute Gasteiger partial charge is 0.342 e. The summed E-state index contributed by atoms with van der Waals surface area (Å²) < 4.78 is 41.5. The van der Waals surface area contributed by atoms with E-state index in [1.165, 1.54) is 7.11 Å². The van der Waals surface area contributed by atoms with Gasteiger partial charge in [-0.15, -0.1) is 0 Å². The first-order valence-electron chi connectivity index (χ1n) is 22.5. The van der Waals surface area contributed by atoms with Gasteiger partial charge in [-0.05, 0) is 151 Å². The molecule has 0 bridgehead atoms. The summed E-state index contributed by atoms with van der Waals surface area (Å²) in [6.45, 7) is 14.4. The van der Waals surface area contributed by atoms with E-state index in [2.05, 4.69) is 44.7 Å². The number of hydrogen-bond donors (Lipinski definition) is 2. The van der Waals surface area contributed by atoms with Crippen LogP contribution in [-0.2, 0) is 17.8 Å². The predicted octanol–water partition coefficient (Wildman–Crippen LogP) is 8.31. The Morgan fingerprint density at radius 2 is 1.10 bits per heavy atom. The summed E-state index contributed by atoms with van der Waals surface area (Å²) in [4.78, 5) is 24.0. The number of esters is 1. The third-order valence-electron chi connectivity index (χ3n) is 11.8. The number of anilines is 2. The molecule has 5 heterocycles. The Bertz CT molecular complexity index is 2360. The number of fused-ring (bicyclic) bond motifs is 1. The zero-order valence-corrected chi connectivity index (χ0v) is 37.2. The summed E-state index contributed by atoms with van der Waals surface area (Å²) in [7, 11) is 1.42. The number of ether oxygens (including phenoxy) is 5. The Labute approximate surface area is 370 Å². The van der Waals surface area contributed by atoms with Gasteiger partial charge < -0.3 is 57.7 Å². The molecule has 0 atom stereocenters. The topological polar surface area (TPSA) is 130 Å². The number of hydrogen-bond acceptors (Lipinski definition) is 12. The first-order chi connectivity index (χ1) is 30.9. The number of rotatable bonds is 19. The molecule has 0 spiro atoms. The molecule has 2 saturated heterocycles. The lowest BCUT2D eigenvalue weighted by molar-refractivity contribution is 0.0603. The zero-order chi connectivity index (χ0) is 43.7. The molecule has 0 saturated carbocycles. The van der Waals surface area contributed by atoms with E-state index in [1.807, 2.05) is 98.0 Å². The standard InChI is InChI=1S/C49H61N7O7/c1-6-59-40-28-34(29-41(60-7-2)46(40)53-24-10-11-25-53)32-55(36-16-20-50-21-17-36)38-14-15-39-45(44(38)48(57)58-5)52-49(63-39)56(37-18-22-51-23-19-37)33-35-30-42(61-8-3)47(43(31-35)62-9-4)54-26-12-13-27-54/h10-15,24-31,36-37,50-51H,6-9,16-23,32-33H2,1-5H3. The number of carbonyl (C=O) groups is 1. The quantitative estimate of drug-likeness (QED) is 0.0761. The van der Waals surface area contributed by atoms with E-state index in [4.69, 9.17) is 33.1 Å². The van der Waals surface area contributed by atoms with E-state index in [0.717, 1.165) is 103 Å². The Kier molecular flexibility index (Phi) is 14.1. The molecule has 63 heavy (non-hydrogen) atoms. The average Bonchev–Trinajstić information content (AvgIpc) is 4.12. The number of piperidine rings is 2. The average molecular weight is 860 g/mol. The highest BCUT2D eigenvalue weighted by molar-refractivity contribution is 6.07. The molecular formula is C49H61N7O7. The van der Waals surface area contributed by atoms with Gasteiger partial charge >= 0.3 is 5.97 Å². The van der Waals surface area contributed by atoms with E-state index in [9.17, 15) is 4.79 Å². The van der Waals surface area contributed by atoms with Crippen molar-refractivity contribution in [3.8, 4) is 34.4 Å². The van der Waals surface area contributed by atoms with Gasteiger partial charge in [0, 0.05) is 50.0 Å². The van der Waals surface area contributed by atoms with Gasteiger partial charge in [0.25, 0.3) is 6.01 Å². The number of nitrogens with one attached hydrogen (secondary N) is 2. The van der Waals surface area contributed by atoms with Crippen LogP contribution in [0.3, 0.4) is 0 Å². The minimum Gasteiger partial charge on any atom is -0.492 e. The number of methoxy groups -OCH3 is 1. The van der Waals surface area contributed by atoms with Crippen molar-refractivity contribution >= 4 is 28.8 Å². The van der Waals surface area contributed by atoms with Crippen LogP contribution < -0.4 is 39.4 Å². The van der Waals surface area contributed by atoms with Crippen molar-refractivity contribution in [1.82, 2.24) is 24.8 Å². The monoisotopic (exact) mass is 859 g/mol. The van der Waals surface area contributed by atoms with Crippen LogP contribution in [0.5, 0.6) is 23.0 Å². The van der Waals surface area contributed by atoms with Crippen LogP contribution in [0, 0.1) is 0 Å². The summed E-state index contributed by atoms with van der Waals surface area (Å²) in [6, 6.07) is 20.9. The van der Waals surface area contributed by atoms with Crippen LogP contribution in [-0.4, -0.2) is 91.9 Å². The maximum Gasteiger partial charge on any atom is 0.342 e. The molecule has 0 aliphatic carbocycles. The van der Waals surface area contributed by atoms with E-state index in [0.29, 0.717) is 62.2 Å². The second-order valence-electron chi connectivity index (χ2n) is 15.8. The van der Waals surface area contributed by atoms with E-state index < -0.39 is 5.97 Å². The van der Waals surface area contributed by atoms with Crippen LogP contribution in [0.15, 0.2) is 89.9 Å². The highest BCUT2D eigenvalue weighted by Gasteiger charge is 2.32. The molecule has 8 rings (SSSR count). The molecule has 2 aliphatic rings. The van der Waals surface area contributed by atoms with Crippen molar-refractivity contribution in [2.75, 3.05) is 69.5 Å². The van der Waals surface area contributed by atoms with Gasteiger partial charge in [0.2, 0.25) is 0 Å². The molecule has 6 aromatic rings. The zero-order valence-electron chi connectivity index (χ0n) is 37.2. The fourth-order valence-corrected chi connectivity index (χ4v) is 9.03. The lowest BCUT2D eigenvalue weighted by atomic mass is 10.00. The third-order valence-corrected chi connectivity index (χ3v) is 11.8. The lowest BCUT2D eigenvalue weighted by Crippen LogP contribution is -2.43. The Balaban J connectivity index is 1.23. The molecule has 2 fully saturated rings. The second kappa shape index (κ2) is 20.4. The highest BCUT2D eigenvalue weighted by Crippen LogP contribution is 2.41. The van der Waals surface area contributed by atoms with Crippen LogP contribution in [0.4, 0.5) is 11.7 Å². The summed E-state index contributed by atoms with van der Waals surface area (Å²) in [5.41, 5.74) is 5.79. The van der Waals surface area contributed by atoms with Crippen LogP contribution in [0.25, 0.3) is 22.5 Å². The Morgan fingerprint density at radius 3 is 1.52 bits per heavy atom. The summed E-state index contributed by atoms with van der Waals surface area (Å²) in [6.07, 6.45) is 11.6. The first-order valence-corrected chi connectivity index (χ1v) is 22.5. The van der Waals surface area contributed by atoms with Crippen molar-refractivity contribution < 1.29 is 32.9 Å². The normalized spacial score (nSPS) is 14.7. The van der Waals surface area contributed by atoms with Crippen molar-refractivity contribution in [3.05, 3.63) is 102 Å². The number of nitrogens with zero attached hydrogens (tertiary/aromatic N) is 5. The van der Waals surface area contributed by atoms with Crippen LogP contribution >= 0.6 is 0 Å². The number of aromatic nitrogens is 3. The summed E-state index contributed by atoms with van der Waals surface area (Å²) >= 11 is 0. The molecule has 0 radical (unpaired) electrons. The molecule has 2 N–H and O–H groups in total. The van der Waals surface area contributed by atoms with E-state index in [1.54, 1.807) is 0 Å². The minimum absolute atomic E-state index is 0.119. The van der Waals surface area contributed by atoms with E-state index >= 15 is 0 Å². The van der Waals surface area contributed by atoms with Gasteiger partial charge in [0.15, 0.2) is 5.58 Å². The summed E-state index contributed by atoms with van der Waals surface area (Å²) in [5, 5.41) is 7.03. The molecule has 0 unspecified atom stereocenters. The number of benzene rings is 3. The van der Waals surface area contributed by atoms with Gasteiger partial charge in [0.1, 0.15) is 45.5 Å². The maximum atomic E-state index is 14.2. The van der Waals surface area contributed by atoms with Gasteiger partial charge in [0.05, 0.1) is 39.2 Å².